The number of halogens is 1. The van der Waals surface area contributed by atoms with E-state index in [1.165, 1.54) is 12.8 Å². The van der Waals surface area contributed by atoms with Gasteiger partial charge in [0.05, 0.1) is 5.02 Å². The normalized spacial score (nSPS) is 23.9. The number of benzene rings is 1. The molecule has 0 saturated carbocycles. The van der Waals surface area contributed by atoms with Gasteiger partial charge in [0.1, 0.15) is 0 Å². The molecule has 0 spiro atoms. The summed E-state index contributed by atoms with van der Waals surface area (Å²) in [4.78, 5) is 2.42. The van der Waals surface area contributed by atoms with Crippen LogP contribution >= 0.6 is 11.6 Å². The van der Waals surface area contributed by atoms with E-state index in [9.17, 15) is 0 Å². The third-order valence-corrected chi connectivity index (χ3v) is 4.20. The van der Waals surface area contributed by atoms with Crippen LogP contribution in [-0.2, 0) is 0 Å². The molecule has 5 heteroatoms. The zero-order chi connectivity index (χ0) is 14.0. The molecule has 19 heavy (non-hydrogen) atoms. The van der Waals surface area contributed by atoms with Crippen molar-refractivity contribution in [3.63, 3.8) is 0 Å². The SMILES string of the molecule is CCC1CCC(C)N1c1ccc(/C(N)=N/O)c(Cl)c1. The third-order valence-electron chi connectivity index (χ3n) is 3.89. The van der Waals surface area contributed by atoms with Crippen LogP contribution in [0.3, 0.4) is 0 Å². The van der Waals surface area contributed by atoms with Gasteiger partial charge in [0.25, 0.3) is 0 Å². The van der Waals surface area contributed by atoms with Crippen molar-refractivity contribution >= 4 is 23.1 Å². The molecule has 0 bridgehead atoms. The van der Waals surface area contributed by atoms with Gasteiger partial charge in [-0.15, -0.1) is 0 Å². The first-order valence-corrected chi connectivity index (χ1v) is 7.02. The van der Waals surface area contributed by atoms with Gasteiger partial charge in [-0.05, 0) is 44.4 Å². The van der Waals surface area contributed by atoms with Crippen molar-refractivity contribution in [2.75, 3.05) is 4.90 Å². The van der Waals surface area contributed by atoms with Crippen LogP contribution in [0.25, 0.3) is 0 Å². The predicted octanol–water partition coefficient (Wildman–Crippen LogP) is 3.20. The maximum atomic E-state index is 8.71. The van der Waals surface area contributed by atoms with Crippen molar-refractivity contribution < 1.29 is 5.21 Å². The first-order chi connectivity index (χ1) is 9.08. The number of anilines is 1. The van der Waals surface area contributed by atoms with E-state index in [1.807, 2.05) is 18.2 Å². The van der Waals surface area contributed by atoms with Gasteiger partial charge in [-0.3, -0.25) is 0 Å². The van der Waals surface area contributed by atoms with Gasteiger partial charge < -0.3 is 15.8 Å². The third kappa shape index (κ3) is 2.63. The molecule has 1 aromatic carbocycles. The van der Waals surface area contributed by atoms with Crippen molar-refractivity contribution in [2.24, 2.45) is 10.9 Å². The van der Waals surface area contributed by atoms with Gasteiger partial charge >= 0.3 is 0 Å². The smallest absolute Gasteiger partial charge is 0.171 e. The molecule has 1 aromatic rings. The number of hydrogen-bond acceptors (Lipinski definition) is 3. The van der Waals surface area contributed by atoms with Gasteiger partial charge in [-0.1, -0.05) is 23.7 Å². The molecule has 2 atom stereocenters. The summed E-state index contributed by atoms with van der Waals surface area (Å²) in [7, 11) is 0. The Morgan fingerprint density at radius 2 is 2.26 bits per heavy atom. The number of rotatable bonds is 3. The van der Waals surface area contributed by atoms with Gasteiger partial charge in [0.2, 0.25) is 0 Å². The quantitative estimate of drug-likeness (QED) is 0.387. The molecule has 1 aliphatic heterocycles. The van der Waals surface area contributed by atoms with E-state index in [2.05, 4.69) is 23.9 Å². The van der Waals surface area contributed by atoms with Crippen LogP contribution in [0.15, 0.2) is 23.4 Å². The van der Waals surface area contributed by atoms with Gasteiger partial charge in [0, 0.05) is 23.3 Å². The van der Waals surface area contributed by atoms with Crippen molar-refractivity contribution in [3.05, 3.63) is 28.8 Å². The summed E-state index contributed by atoms with van der Waals surface area (Å²) >= 11 is 6.22. The predicted molar refractivity (Wildman–Crippen MR) is 79.2 cm³/mol. The number of hydrogen-bond donors (Lipinski definition) is 2. The molecule has 104 valence electrons. The minimum Gasteiger partial charge on any atom is -0.409 e. The lowest BCUT2D eigenvalue weighted by Crippen LogP contribution is -2.34. The topological polar surface area (TPSA) is 61.8 Å². The van der Waals surface area contributed by atoms with Crippen LogP contribution in [0.5, 0.6) is 0 Å². The summed E-state index contributed by atoms with van der Waals surface area (Å²) in [6, 6.07) is 6.80. The Hall–Kier alpha value is -1.42. The molecule has 3 N–H and O–H groups in total. The van der Waals surface area contributed by atoms with Gasteiger partial charge in [-0.2, -0.15) is 0 Å². The standard InChI is InChI=1S/C14H20ClN3O/c1-3-10-5-4-9(2)18(10)11-6-7-12(13(15)8-11)14(16)17-19/h6-10,19H,3-5H2,1-2H3,(H2,16,17). The van der Waals surface area contributed by atoms with E-state index in [-0.39, 0.29) is 5.84 Å². The van der Waals surface area contributed by atoms with Crippen molar-refractivity contribution in [1.82, 2.24) is 0 Å². The molecule has 4 nitrogen and oxygen atoms in total. The first-order valence-electron chi connectivity index (χ1n) is 6.64. The summed E-state index contributed by atoms with van der Waals surface area (Å²) in [5.74, 6) is 0.0399. The van der Waals surface area contributed by atoms with Gasteiger partial charge in [-0.25, -0.2) is 0 Å². The highest BCUT2D eigenvalue weighted by molar-refractivity contribution is 6.34. The minimum absolute atomic E-state index is 0.0399. The van der Waals surface area contributed by atoms with E-state index in [1.54, 1.807) is 0 Å². The second-order valence-electron chi connectivity index (χ2n) is 5.05. The highest BCUT2D eigenvalue weighted by Crippen LogP contribution is 2.34. The second-order valence-corrected chi connectivity index (χ2v) is 5.45. The summed E-state index contributed by atoms with van der Waals surface area (Å²) < 4.78 is 0. The molecule has 0 amide bonds. The summed E-state index contributed by atoms with van der Waals surface area (Å²) in [6.45, 7) is 4.45. The zero-order valence-corrected chi connectivity index (χ0v) is 12.1. The number of amidine groups is 1. The Labute approximate surface area is 118 Å². The summed E-state index contributed by atoms with van der Waals surface area (Å²) in [5, 5.41) is 12.2. The first kappa shape index (κ1) is 14.0. The molecule has 2 unspecified atom stereocenters. The molecular weight excluding hydrogens is 262 g/mol. The fourth-order valence-corrected chi connectivity index (χ4v) is 3.14. The second kappa shape index (κ2) is 5.70. The summed E-state index contributed by atoms with van der Waals surface area (Å²) in [5.41, 5.74) is 7.25. The fourth-order valence-electron chi connectivity index (χ4n) is 2.86. The molecule has 1 saturated heterocycles. The molecule has 1 aliphatic rings. The van der Waals surface area contributed by atoms with E-state index in [4.69, 9.17) is 22.5 Å². The van der Waals surface area contributed by atoms with Gasteiger partial charge in [0.15, 0.2) is 5.84 Å². The summed E-state index contributed by atoms with van der Waals surface area (Å²) in [6.07, 6.45) is 3.55. The maximum Gasteiger partial charge on any atom is 0.171 e. The molecular formula is C14H20ClN3O. The Morgan fingerprint density at radius 1 is 1.53 bits per heavy atom. The minimum atomic E-state index is 0.0399. The molecule has 0 aromatic heterocycles. The number of nitrogens with zero attached hydrogens (tertiary/aromatic N) is 2. The molecule has 0 radical (unpaired) electrons. The molecule has 0 aliphatic carbocycles. The average Bonchev–Trinajstić information content (AvgIpc) is 2.78. The van der Waals surface area contributed by atoms with Crippen LogP contribution in [0.4, 0.5) is 5.69 Å². The fraction of sp³-hybridized carbons (Fsp3) is 0.500. The van der Waals surface area contributed by atoms with Crippen LogP contribution in [0, 0.1) is 0 Å². The highest BCUT2D eigenvalue weighted by atomic mass is 35.5. The Morgan fingerprint density at radius 3 is 2.84 bits per heavy atom. The van der Waals surface area contributed by atoms with E-state index in [0.717, 1.165) is 12.1 Å². The van der Waals surface area contributed by atoms with Crippen LogP contribution < -0.4 is 10.6 Å². The molecule has 2 rings (SSSR count). The van der Waals surface area contributed by atoms with E-state index in [0.29, 0.717) is 22.7 Å². The van der Waals surface area contributed by atoms with Crippen molar-refractivity contribution in [1.29, 1.82) is 0 Å². The monoisotopic (exact) mass is 281 g/mol. The number of nitrogens with two attached hydrogens (primary N) is 1. The molecule has 1 heterocycles. The lowest BCUT2D eigenvalue weighted by atomic mass is 10.1. The largest absolute Gasteiger partial charge is 0.409 e. The highest BCUT2D eigenvalue weighted by Gasteiger charge is 2.29. The zero-order valence-electron chi connectivity index (χ0n) is 11.3. The van der Waals surface area contributed by atoms with Crippen LogP contribution in [0.2, 0.25) is 5.02 Å². The van der Waals surface area contributed by atoms with Crippen molar-refractivity contribution in [2.45, 2.75) is 45.2 Å². The maximum absolute atomic E-state index is 8.71. The van der Waals surface area contributed by atoms with Crippen LogP contribution in [-0.4, -0.2) is 23.1 Å². The Bertz CT molecular complexity index is 490. The molecule has 1 fully saturated rings. The van der Waals surface area contributed by atoms with Crippen LogP contribution in [0.1, 0.15) is 38.7 Å². The van der Waals surface area contributed by atoms with E-state index >= 15 is 0 Å². The van der Waals surface area contributed by atoms with E-state index < -0.39 is 0 Å². The Kier molecular flexibility index (Phi) is 4.20. The number of oxime groups is 1. The van der Waals surface area contributed by atoms with Crippen molar-refractivity contribution in [3.8, 4) is 0 Å². The lowest BCUT2D eigenvalue weighted by molar-refractivity contribution is 0.318. The lowest BCUT2D eigenvalue weighted by Gasteiger charge is -2.30. The average molecular weight is 282 g/mol. The Balaban J connectivity index is 2.34.